The Morgan fingerprint density at radius 3 is 2.73 bits per heavy atom. The van der Waals surface area contributed by atoms with Crippen LogP contribution in [-0.4, -0.2) is 11.4 Å². The molecule has 1 aromatic rings. The van der Waals surface area contributed by atoms with Crippen LogP contribution in [0, 0.1) is 11.5 Å². The fraction of sp³-hybridized carbons (Fsp3) is 0.273. The second-order valence-electron chi connectivity index (χ2n) is 3.97. The molecule has 0 saturated heterocycles. The number of amides is 1. The number of hydrogen-bond acceptors (Lipinski definition) is 3. The van der Waals surface area contributed by atoms with E-state index < -0.39 is 5.54 Å². The summed E-state index contributed by atoms with van der Waals surface area (Å²) < 4.78 is 0. The van der Waals surface area contributed by atoms with E-state index in [1.165, 1.54) is 4.90 Å². The molecule has 1 aromatic carbocycles. The summed E-state index contributed by atoms with van der Waals surface area (Å²) in [6.07, 6.45) is 2.05. The van der Waals surface area contributed by atoms with Crippen LogP contribution in [0.2, 0.25) is 0 Å². The second kappa shape index (κ2) is 2.99. The van der Waals surface area contributed by atoms with Gasteiger partial charge in [0.25, 0.3) is 5.91 Å². The van der Waals surface area contributed by atoms with Gasteiger partial charge in [-0.3, -0.25) is 9.69 Å². The van der Waals surface area contributed by atoms with Crippen molar-refractivity contribution in [2.75, 3.05) is 10.2 Å². The summed E-state index contributed by atoms with van der Waals surface area (Å²) in [7, 11) is 0. The molecule has 1 heterocycles. The van der Waals surface area contributed by atoms with E-state index in [4.69, 9.17) is 5.26 Å². The maximum atomic E-state index is 11.7. The first-order valence-corrected chi connectivity index (χ1v) is 4.68. The van der Waals surface area contributed by atoms with E-state index >= 15 is 0 Å². The third-order valence-electron chi connectivity index (χ3n) is 2.61. The van der Waals surface area contributed by atoms with Crippen molar-refractivity contribution in [3.63, 3.8) is 0 Å². The molecule has 0 bridgehead atoms. The third-order valence-corrected chi connectivity index (χ3v) is 2.61. The Bertz CT molecular complexity index is 459. The van der Waals surface area contributed by atoms with E-state index in [-0.39, 0.29) is 5.91 Å². The lowest BCUT2D eigenvalue weighted by Gasteiger charge is -2.38. The smallest absolute Gasteiger partial charge is 0.250 e. The molecule has 0 saturated carbocycles. The van der Waals surface area contributed by atoms with E-state index in [9.17, 15) is 4.79 Å². The van der Waals surface area contributed by atoms with E-state index in [0.29, 0.717) is 5.69 Å². The Labute approximate surface area is 88.1 Å². The molecule has 0 unspecified atom stereocenters. The normalized spacial score (nSPS) is 17.7. The number of rotatable bonds is 0. The first-order valence-electron chi connectivity index (χ1n) is 4.68. The summed E-state index contributed by atoms with van der Waals surface area (Å²) in [5.74, 6) is -0.164. The number of fused-ring (bicyclic) bond motifs is 1. The molecule has 1 N–H and O–H groups in total. The molecule has 76 valence electrons. The van der Waals surface area contributed by atoms with Crippen molar-refractivity contribution in [3.8, 4) is 6.19 Å². The first-order chi connectivity index (χ1) is 7.07. The van der Waals surface area contributed by atoms with Gasteiger partial charge in [-0.2, -0.15) is 5.26 Å². The summed E-state index contributed by atoms with van der Waals surface area (Å²) in [5.41, 5.74) is 0.594. The van der Waals surface area contributed by atoms with Crippen molar-refractivity contribution in [2.45, 2.75) is 19.4 Å². The number of para-hydroxylation sites is 2. The number of carbonyl (C=O) groups excluding carboxylic acids is 1. The zero-order chi connectivity index (χ0) is 11.1. The quantitative estimate of drug-likeness (QED) is 0.650. The summed E-state index contributed by atoms with van der Waals surface area (Å²) in [6.45, 7) is 3.45. The molecule has 0 atom stereocenters. The topological polar surface area (TPSA) is 56.1 Å². The molecule has 0 spiro atoms. The predicted molar refractivity (Wildman–Crippen MR) is 57.2 cm³/mol. The summed E-state index contributed by atoms with van der Waals surface area (Å²) in [4.78, 5) is 13.2. The van der Waals surface area contributed by atoms with Crippen molar-refractivity contribution in [3.05, 3.63) is 24.3 Å². The van der Waals surface area contributed by atoms with Gasteiger partial charge in [-0.05, 0) is 26.0 Å². The number of benzene rings is 1. The largest absolute Gasteiger partial charge is 0.322 e. The van der Waals surface area contributed by atoms with Gasteiger partial charge in [0.1, 0.15) is 5.54 Å². The molecule has 0 aliphatic carbocycles. The first kappa shape index (κ1) is 9.53. The number of nitrogens with zero attached hydrogens (tertiary/aromatic N) is 2. The molecule has 1 amide bonds. The van der Waals surface area contributed by atoms with Crippen LogP contribution in [0.15, 0.2) is 24.3 Å². The van der Waals surface area contributed by atoms with E-state index in [1.807, 2.05) is 18.2 Å². The highest BCUT2D eigenvalue weighted by Crippen LogP contribution is 2.35. The molecule has 1 aliphatic heterocycles. The highest BCUT2D eigenvalue weighted by Gasteiger charge is 2.40. The fourth-order valence-corrected chi connectivity index (χ4v) is 1.63. The molecule has 15 heavy (non-hydrogen) atoms. The SMILES string of the molecule is CC1(C)C(=O)Nc2ccccc2N1C#N. The molecule has 0 radical (unpaired) electrons. The van der Waals surface area contributed by atoms with E-state index in [0.717, 1.165) is 5.69 Å². The summed E-state index contributed by atoms with van der Waals surface area (Å²) in [6, 6.07) is 7.27. The van der Waals surface area contributed by atoms with E-state index in [1.54, 1.807) is 19.9 Å². The van der Waals surface area contributed by atoms with Crippen molar-refractivity contribution in [1.29, 1.82) is 5.26 Å². The fourth-order valence-electron chi connectivity index (χ4n) is 1.63. The average molecular weight is 201 g/mol. The predicted octanol–water partition coefficient (Wildman–Crippen LogP) is 1.70. The number of nitrogens with one attached hydrogen (secondary N) is 1. The van der Waals surface area contributed by atoms with Crippen molar-refractivity contribution >= 4 is 17.3 Å². The minimum atomic E-state index is -0.830. The highest BCUT2D eigenvalue weighted by molar-refractivity contribution is 6.06. The zero-order valence-electron chi connectivity index (χ0n) is 8.61. The van der Waals surface area contributed by atoms with Crippen LogP contribution in [0.1, 0.15) is 13.8 Å². The zero-order valence-corrected chi connectivity index (χ0v) is 8.61. The molecule has 4 nitrogen and oxygen atoms in total. The lowest BCUT2D eigenvalue weighted by Crippen LogP contribution is -2.53. The van der Waals surface area contributed by atoms with Gasteiger partial charge in [0, 0.05) is 0 Å². The van der Waals surface area contributed by atoms with Crippen LogP contribution in [-0.2, 0) is 4.79 Å². The van der Waals surface area contributed by atoms with Crippen LogP contribution in [0.5, 0.6) is 0 Å². The maximum absolute atomic E-state index is 11.7. The Balaban J connectivity index is 2.61. The Morgan fingerprint density at radius 1 is 1.40 bits per heavy atom. The molecular formula is C11H11N3O. The molecule has 2 rings (SSSR count). The number of nitriles is 1. The van der Waals surface area contributed by atoms with Gasteiger partial charge in [0.15, 0.2) is 6.19 Å². The Morgan fingerprint density at radius 2 is 2.07 bits per heavy atom. The van der Waals surface area contributed by atoms with Crippen LogP contribution in [0.25, 0.3) is 0 Å². The van der Waals surface area contributed by atoms with Gasteiger partial charge in [0.05, 0.1) is 11.4 Å². The minimum absolute atomic E-state index is 0.164. The second-order valence-corrected chi connectivity index (χ2v) is 3.97. The summed E-state index contributed by atoms with van der Waals surface area (Å²) in [5, 5.41) is 11.9. The van der Waals surface area contributed by atoms with Gasteiger partial charge in [0.2, 0.25) is 0 Å². The standard InChI is InChI=1S/C11H11N3O/c1-11(2)10(15)13-8-5-3-4-6-9(8)14(11)7-12/h3-6H,1-2H3,(H,13,15). The van der Waals surface area contributed by atoms with Crippen LogP contribution in [0.3, 0.4) is 0 Å². The van der Waals surface area contributed by atoms with Gasteiger partial charge in [-0.25, -0.2) is 0 Å². The van der Waals surface area contributed by atoms with Crippen LogP contribution >= 0.6 is 0 Å². The molecule has 0 fully saturated rings. The lowest BCUT2D eigenvalue weighted by atomic mass is 9.97. The summed E-state index contributed by atoms with van der Waals surface area (Å²) >= 11 is 0. The molecule has 0 aromatic heterocycles. The average Bonchev–Trinajstić information content (AvgIpc) is 2.20. The molecule has 4 heteroatoms. The third kappa shape index (κ3) is 1.24. The van der Waals surface area contributed by atoms with Gasteiger partial charge in [-0.15, -0.1) is 0 Å². The maximum Gasteiger partial charge on any atom is 0.250 e. The monoisotopic (exact) mass is 201 g/mol. The lowest BCUT2D eigenvalue weighted by molar-refractivity contribution is -0.120. The number of hydrogen-bond donors (Lipinski definition) is 1. The van der Waals surface area contributed by atoms with Crippen molar-refractivity contribution < 1.29 is 4.79 Å². The molecular weight excluding hydrogens is 190 g/mol. The van der Waals surface area contributed by atoms with Crippen molar-refractivity contribution in [2.24, 2.45) is 0 Å². The Hall–Kier alpha value is -2.02. The van der Waals surface area contributed by atoms with Crippen molar-refractivity contribution in [1.82, 2.24) is 0 Å². The molecule has 1 aliphatic rings. The number of anilines is 2. The minimum Gasteiger partial charge on any atom is -0.322 e. The highest BCUT2D eigenvalue weighted by atomic mass is 16.2. The van der Waals surface area contributed by atoms with E-state index in [2.05, 4.69) is 11.5 Å². The van der Waals surface area contributed by atoms with Gasteiger partial charge < -0.3 is 5.32 Å². The van der Waals surface area contributed by atoms with Crippen LogP contribution < -0.4 is 10.2 Å². The van der Waals surface area contributed by atoms with Gasteiger partial charge in [-0.1, -0.05) is 12.1 Å². The Kier molecular flexibility index (Phi) is 1.90. The van der Waals surface area contributed by atoms with Gasteiger partial charge >= 0.3 is 0 Å². The number of carbonyl (C=O) groups is 1. The van der Waals surface area contributed by atoms with Crippen LogP contribution in [0.4, 0.5) is 11.4 Å².